The summed E-state index contributed by atoms with van der Waals surface area (Å²) >= 11 is 3.67. The van der Waals surface area contributed by atoms with Gasteiger partial charge in [-0.15, -0.1) is 23.5 Å². The first-order valence-corrected chi connectivity index (χ1v) is 25.5. The van der Waals surface area contributed by atoms with E-state index in [2.05, 4.69) is 32.6 Å². The van der Waals surface area contributed by atoms with E-state index in [0.29, 0.717) is 13.2 Å². The first-order valence-electron chi connectivity index (χ1n) is 23.4. The zero-order valence-electron chi connectivity index (χ0n) is 36.4. The number of carbonyl (C=O) groups excluding carboxylic acids is 2. The third kappa shape index (κ3) is 35.9. The highest BCUT2D eigenvalue weighted by molar-refractivity contribution is 8.00. The van der Waals surface area contributed by atoms with Gasteiger partial charge in [-0.25, -0.2) is 0 Å². The summed E-state index contributed by atoms with van der Waals surface area (Å²) in [5.41, 5.74) is 0. The van der Waals surface area contributed by atoms with Gasteiger partial charge in [0.25, 0.3) is 0 Å². The van der Waals surface area contributed by atoms with Gasteiger partial charge >= 0.3 is 11.9 Å². The van der Waals surface area contributed by atoms with Crippen LogP contribution >= 0.6 is 23.5 Å². The molecule has 8 heteroatoms. The molecule has 0 aliphatic heterocycles. The van der Waals surface area contributed by atoms with Crippen LogP contribution in [0.5, 0.6) is 0 Å². The van der Waals surface area contributed by atoms with Crippen molar-refractivity contribution >= 4 is 35.5 Å². The summed E-state index contributed by atoms with van der Waals surface area (Å²) in [6.07, 6.45) is 34.9. The summed E-state index contributed by atoms with van der Waals surface area (Å²) in [5, 5.41) is 9.33. The number of rotatable bonds is 44. The molecule has 0 aliphatic rings. The van der Waals surface area contributed by atoms with Gasteiger partial charge in [-0.05, 0) is 95.3 Å². The zero-order chi connectivity index (χ0) is 39.6. The number of unbranched alkanes of at least 4 members (excludes halogenated alkanes) is 21. The Hall–Kier alpha value is -0.440. The molecule has 0 rings (SSSR count). The monoisotopic (exact) mass is 802 g/mol. The molecule has 0 amide bonds. The van der Waals surface area contributed by atoms with Crippen LogP contribution in [0.4, 0.5) is 0 Å². The Morgan fingerprint density at radius 3 is 1.17 bits per heavy atom. The summed E-state index contributed by atoms with van der Waals surface area (Å²) < 4.78 is 11.6. The fourth-order valence-corrected chi connectivity index (χ4v) is 9.20. The van der Waals surface area contributed by atoms with Crippen molar-refractivity contribution in [2.24, 2.45) is 0 Å². The number of aliphatic hydroxyl groups is 1. The summed E-state index contributed by atoms with van der Waals surface area (Å²) in [6, 6.07) is 0. The van der Waals surface area contributed by atoms with Gasteiger partial charge in [-0.3, -0.25) is 9.59 Å². The molecule has 0 fully saturated rings. The number of nitrogens with zero attached hydrogens (tertiary/aromatic N) is 1. The van der Waals surface area contributed by atoms with Crippen LogP contribution in [0.25, 0.3) is 0 Å². The van der Waals surface area contributed by atoms with Crippen molar-refractivity contribution in [3.05, 3.63) is 0 Å². The van der Waals surface area contributed by atoms with Crippen LogP contribution in [0.1, 0.15) is 220 Å². The molecule has 322 valence electrons. The smallest absolute Gasteiger partial charge is 0.319 e. The second kappa shape index (κ2) is 43.7. The minimum absolute atomic E-state index is 0.00630. The lowest BCUT2D eigenvalue weighted by atomic mass is 10.1. The molecular formula is C46H91NO5S2. The van der Waals surface area contributed by atoms with E-state index < -0.39 is 0 Å². The van der Waals surface area contributed by atoms with E-state index in [-0.39, 0.29) is 29.0 Å². The zero-order valence-corrected chi connectivity index (χ0v) is 38.0. The lowest BCUT2D eigenvalue weighted by Crippen LogP contribution is -2.27. The first kappa shape index (κ1) is 53.6. The van der Waals surface area contributed by atoms with E-state index in [0.717, 1.165) is 121 Å². The topological polar surface area (TPSA) is 76.1 Å². The maximum absolute atomic E-state index is 12.9. The van der Waals surface area contributed by atoms with Crippen LogP contribution in [0.15, 0.2) is 0 Å². The van der Waals surface area contributed by atoms with Gasteiger partial charge in [-0.2, -0.15) is 0 Å². The highest BCUT2D eigenvalue weighted by Crippen LogP contribution is 2.24. The summed E-state index contributed by atoms with van der Waals surface area (Å²) in [7, 11) is 0. The quantitative estimate of drug-likeness (QED) is 0.0482. The van der Waals surface area contributed by atoms with E-state index >= 15 is 0 Å². The molecule has 0 aromatic heterocycles. The second-order valence-corrected chi connectivity index (χ2v) is 18.3. The van der Waals surface area contributed by atoms with Gasteiger partial charge in [-0.1, -0.05) is 156 Å². The minimum atomic E-state index is 0.00630. The average molecular weight is 802 g/mol. The SMILES string of the molecule is CCCCCCCSC(CCCCCC)C(=O)OCCCCCCN(CCCCO)CCCCCCOC(=O)C(CCCCCC)SCCCCCCC. The van der Waals surface area contributed by atoms with Gasteiger partial charge in [0.05, 0.1) is 13.2 Å². The van der Waals surface area contributed by atoms with E-state index in [4.69, 9.17) is 9.47 Å². The Bertz CT molecular complexity index is 730. The number of ether oxygens (including phenoxy) is 2. The minimum Gasteiger partial charge on any atom is -0.465 e. The molecule has 0 spiro atoms. The number of hydrogen-bond acceptors (Lipinski definition) is 8. The molecule has 0 saturated heterocycles. The van der Waals surface area contributed by atoms with Crippen LogP contribution in [0.3, 0.4) is 0 Å². The molecule has 6 nitrogen and oxygen atoms in total. The molecule has 0 saturated carbocycles. The molecule has 0 aromatic carbocycles. The Labute approximate surface area is 345 Å². The van der Waals surface area contributed by atoms with Gasteiger partial charge in [0.2, 0.25) is 0 Å². The normalized spacial score (nSPS) is 12.7. The van der Waals surface area contributed by atoms with Crippen LogP contribution in [0.2, 0.25) is 0 Å². The lowest BCUT2D eigenvalue weighted by molar-refractivity contribution is -0.144. The van der Waals surface area contributed by atoms with E-state index in [1.165, 1.54) is 103 Å². The molecule has 2 atom stereocenters. The number of aliphatic hydroxyl groups excluding tert-OH is 1. The standard InChI is InChI=1S/C46H91NO5S2/c1-5-9-13-21-31-41-53-43(33-23-15-11-7-3)45(49)51-39-29-19-17-25-35-47(37-27-28-38-48)36-26-18-20-30-40-52-46(50)44(34-24-16-12-8-4)54-42-32-22-14-10-6-2/h43-44,48H,5-42H2,1-4H3. The van der Waals surface area contributed by atoms with Crippen LogP contribution < -0.4 is 0 Å². The van der Waals surface area contributed by atoms with Gasteiger partial charge in [0.15, 0.2) is 0 Å². The van der Waals surface area contributed by atoms with Crippen molar-refractivity contribution in [3.8, 4) is 0 Å². The fourth-order valence-electron chi connectivity index (χ4n) is 6.81. The van der Waals surface area contributed by atoms with Crippen LogP contribution in [-0.2, 0) is 19.1 Å². The highest BCUT2D eigenvalue weighted by Gasteiger charge is 2.21. The third-order valence-corrected chi connectivity index (χ3v) is 13.1. The molecule has 54 heavy (non-hydrogen) atoms. The molecule has 0 radical (unpaired) electrons. The molecule has 0 bridgehead atoms. The predicted molar refractivity (Wildman–Crippen MR) is 239 cm³/mol. The molecule has 1 N–H and O–H groups in total. The average Bonchev–Trinajstić information content (AvgIpc) is 3.17. The molecule has 2 unspecified atom stereocenters. The number of hydrogen-bond donors (Lipinski definition) is 1. The first-order chi connectivity index (χ1) is 26.5. The predicted octanol–water partition coefficient (Wildman–Crippen LogP) is 13.4. The van der Waals surface area contributed by atoms with Crippen molar-refractivity contribution in [2.45, 2.75) is 231 Å². The third-order valence-electron chi connectivity index (χ3n) is 10.4. The van der Waals surface area contributed by atoms with E-state index in [1.54, 1.807) is 0 Å². The number of esters is 2. The summed E-state index contributed by atoms with van der Waals surface area (Å²) in [6.45, 7) is 13.6. The van der Waals surface area contributed by atoms with E-state index in [1.807, 2.05) is 23.5 Å². The summed E-state index contributed by atoms with van der Waals surface area (Å²) in [4.78, 5) is 28.5. The van der Waals surface area contributed by atoms with Gasteiger partial charge in [0.1, 0.15) is 10.5 Å². The van der Waals surface area contributed by atoms with Crippen molar-refractivity contribution in [3.63, 3.8) is 0 Å². The largest absolute Gasteiger partial charge is 0.465 e. The van der Waals surface area contributed by atoms with Gasteiger partial charge in [0, 0.05) is 6.61 Å². The maximum Gasteiger partial charge on any atom is 0.319 e. The number of carbonyl (C=O) groups is 2. The molecular weight excluding hydrogens is 711 g/mol. The molecule has 0 aromatic rings. The second-order valence-electron chi connectivity index (χ2n) is 15.7. The summed E-state index contributed by atoms with van der Waals surface area (Å²) in [5.74, 6) is 2.17. The van der Waals surface area contributed by atoms with Gasteiger partial charge < -0.3 is 19.5 Å². The van der Waals surface area contributed by atoms with E-state index in [9.17, 15) is 14.7 Å². The van der Waals surface area contributed by atoms with Crippen molar-refractivity contribution in [1.82, 2.24) is 4.90 Å². The Morgan fingerprint density at radius 2 is 0.778 bits per heavy atom. The van der Waals surface area contributed by atoms with Crippen molar-refractivity contribution in [1.29, 1.82) is 0 Å². The Morgan fingerprint density at radius 1 is 0.444 bits per heavy atom. The van der Waals surface area contributed by atoms with Crippen LogP contribution in [-0.4, -0.2) is 83.4 Å². The fraction of sp³-hybridized carbons (Fsp3) is 0.957. The molecule has 0 aliphatic carbocycles. The maximum atomic E-state index is 12.9. The van der Waals surface area contributed by atoms with Crippen LogP contribution in [0, 0.1) is 0 Å². The molecule has 0 heterocycles. The Kier molecular flexibility index (Phi) is 43.3. The van der Waals surface area contributed by atoms with Crippen molar-refractivity contribution in [2.75, 3.05) is 51.0 Å². The van der Waals surface area contributed by atoms with Crippen molar-refractivity contribution < 1.29 is 24.2 Å². The number of thioether (sulfide) groups is 2. The Balaban J connectivity index is 4.36. The lowest BCUT2D eigenvalue weighted by Gasteiger charge is -2.22. The highest BCUT2D eigenvalue weighted by atomic mass is 32.2.